The molecule has 2 rings (SSSR count). The molecule has 24 heavy (non-hydrogen) atoms. The smallest absolute Gasteiger partial charge is 0.227 e. The van der Waals surface area contributed by atoms with Gasteiger partial charge in [-0.3, -0.25) is 4.79 Å². The van der Waals surface area contributed by atoms with E-state index in [4.69, 9.17) is 10.00 Å². The topological polar surface area (TPSA) is 99.5 Å². The first-order valence-electron chi connectivity index (χ1n) is 7.74. The molecule has 1 saturated heterocycles. The number of benzene rings is 1. The third-order valence-electron chi connectivity index (χ3n) is 4.05. The number of hydrogen-bond donors (Lipinski definition) is 1. The SMILES string of the molecule is COCCS(=O)(=O)N1CCC(C(=O)Nc2ccc(C#N)cc2)CC1. The van der Waals surface area contributed by atoms with Gasteiger partial charge in [0.25, 0.3) is 0 Å². The van der Waals surface area contributed by atoms with Gasteiger partial charge in [-0.25, -0.2) is 12.7 Å². The number of nitrogens with one attached hydrogen (secondary N) is 1. The van der Waals surface area contributed by atoms with Gasteiger partial charge in [0.05, 0.1) is 24.0 Å². The maximum Gasteiger partial charge on any atom is 0.227 e. The van der Waals surface area contributed by atoms with Gasteiger partial charge >= 0.3 is 0 Å². The second kappa shape index (κ2) is 8.24. The van der Waals surface area contributed by atoms with Gasteiger partial charge in [-0.15, -0.1) is 0 Å². The molecule has 1 aromatic rings. The van der Waals surface area contributed by atoms with Gasteiger partial charge < -0.3 is 10.1 Å². The Kier molecular flexibility index (Phi) is 6.31. The molecule has 1 fully saturated rings. The molecule has 1 heterocycles. The second-order valence-corrected chi connectivity index (χ2v) is 7.75. The fourth-order valence-electron chi connectivity index (χ4n) is 2.59. The summed E-state index contributed by atoms with van der Waals surface area (Å²) in [5.74, 6) is -0.367. The molecule has 0 bridgehead atoms. The summed E-state index contributed by atoms with van der Waals surface area (Å²) < 4.78 is 30.4. The summed E-state index contributed by atoms with van der Waals surface area (Å²) in [5.41, 5.74) is 1.16. The lowest BCUT2D eigenvalue weighted by atomic mass is 9.97. The average molecular weight is 351 g/mol. The minimum Gasteiger partial charge on any atom is -0.384 e. The van der Waals surface area contributed by atoms with Crippen LogP contribution in [0.5, 0.6) is 0 Å². The monoisotopic (exact) mass is 351 g/mol. The van der Waals surface area contributed by atoms with Gasteiger partial charge in [0.1, 0.15) is 0 Å². The Hall–Kier alpha value is -1.95. The van der Waals surface area contributed by atoms with Crippen LogP contribution >= 0.6 is 0 Å². The Labute approximate surface area is 142 Å². The molecule has 0 radical (unpaired) electrons. The molecular weight excluding hydrogens is 330 g/mol. The highest BCUT2D eigenvalue weighted by atomic mass is 32.2. The number of methoxy groups -OCH3 is 1. The summed E-state index contributed by atoms with van der Waals surface area (Å²) in [6.07, 6.45) is 0.989. The van der Waals surface area contributed by atoms with Crippen molar-refractivity contribution in [2.24, 2.45) is 5.92 Å². The van der Waals surface area contributed by atoms with Crippen LogP contribution in [0.4, 0.5) is 5.69 Å². The molecule has 0 saturated carbocycles. The van der Waals surface area contributed by atoms with Crippen LogP contribution in [0.15, 0.2) is 24.3 Å². The van der Waals surface area contributed by atoms with Crippen molar-refractivity contribution in [3.63, 3.8) is 0 Å². The third kappa shape index (κ3) is 4.77. The van der Waals surface area contributed by atoms with E-state index in [1.54, 1.807) is 24.3 Å². The van der Waals surface area contributed by atoms with Crippen LogP contribution in [0.1, 0.15) is 18.4 Å². The number of carbonyl (C=O) groups excluding carboxylic acids is 1. The predicted octanol–water partition coefficient (Wildman–Crippen LogP) is 1.18. The van der Waals surface area contributed by atoms with E-state index in [0.717, 1.165) is 0 Å². The Morgan fingerprint density at radius 3 is 2.50 bits per heavy atom. The van der Waals surface area contributed by atoms with Gasteiger partial charge in [-0.1, -0.05) is 0 Å². The molecule has 1 N–H and O–H groups in total. The van der Waals surface area contributed by atoms with E-state index < -0.39 is 10.0 Å². The summed E-state index contributed by atoms with van der Waals surface area (Å²) in [5, 5.41) is 11.6. The number of sulfonamides is 1. The van der Waals surface area contributed by atoms with Crippen LogP contribution < -0.4 is 5.32 Å². The normalized spacial score (nSPS) is 16.5. The van der Waals surface area contributed by atoms with Gasteiger partial charge in [0.15, 0.2) is 0 Å². The molecular formula is C16H21N3O4S. The molecule has 1 aliphatic heterocycles. The number of piperidine rings is 1. The summed E-state index contributed by atoms with van der Waals surface area (Å²) in [6.45, 7) is 0.858. The second-order valence-electron chi connectivity index (χ2n) is 5.66. The largest absolute Gasteiger partial charge is 0.384 e. The quantitative estimate of drug-likeness (QED) is 0.830. The number of hydrogen-bond acceptors (Lipinski definition) is 5. The van der Waals surface area contributed by atoms with Crippen molar-refractivity contribution in [2.45, 2.75) is 12.8 Å². The Balaban J connectivity index is 1.87. The molecule has 0 aromatic heterocycles. The van der Waals surface area contributed by atoms with Crippen LogP contribution in [0.3, 0.4) is 0 Å². The Morgan fingerprint density at radius 2 is 1.96 bits per heavy atom. The van der Waals surface area contributed by atoms with Crippen molar-refractivity contribution >= 4 is 21.6 Å². The standard InChI is InChI=1S/C16H21N3O4S/c1-23-10-11-24(21,22)19-8-6-14(7-9-19)16(20)18-15-4-2-13(12-17)3-5-15/h2-5,14H,6-11H2,1H3,(H,18,20). The molecule has 1 aliphatic rings. The van der Waals surface area contributed by atoms with Crippen molar-refractivity contribution in [1.82, 2.24) is 4.31 Å². The number of ether oxygens (including phenoxy) is 1. The van der Waals surface area contributed by atoms with E-state index in [9.17, 15) is 13.2 Å². The first-order chi connectivity index (χ1) is 11.5. The summed E-state index contributed by atoms with van der Waals surface area (Å²) in [6, 6.07) is 8.66. The highest BCUT2D eigenvalue weighted by Gasteiger charge is 2.30. The van der Waals surface area contributed by atoms with E-state index >= 15 is 0 Å². The number of nitriles is 1. The number of nitrogens with zero attached hydrogens (tertiary/aromatic N) is 2. The van der Waals surface area contributed by atoms with E-state index in [-0.39, 0.29) is 24.2 Å². The lowest BCUT2D eigenvalue weighted by Crippen LogP contribution is -2.42. The zero-order valence-electron chi connectivity index (χ0n) is 13.6. The number of anilines is 1. The summed E-state index contributed by atoms with van der Waals surface area (Å²) in [4.78, 5) is 12.3. The molecule has 1 amide bonds. The lowest BCUT2D eigenvalue weighted by molar-refractivity contribution is -0.120. The number of amides is 1. The maximum absolute atomic E-state index is 12.3. The van der Waals surface area contributed by atoms with Crippen LogP contribution in [-0.2, 0) is 19.6 Å². The minimum atomic E-state index is -3.32. The number of carbonyl (C=O) groups is 1. The highest BCUT2D eigenvalue weighted by Crippen LogP contribution is 2.22. The molecule has 8 heteroatoms. The van der Waals surface area contributed by atoms with Crippen molar-refractivity contribution in [3.8, 4) is 6.07 Å². The minimum absolute atomic E-state index is 0.0361. The Bertz CT molecular complexity index is 702. The van der Waals surface area contributed by atoms with E-state index in [2.05, 4.69) is 5.32 Å². The van der Waals surface area contributed by atoms with Crippen molar-refractivity contribution < 1.29 is 17.9 Å². The van der Waals surface area contributed by atoms with Gasteiger partial charge in [0, 0.05) is 31.8 Å². The van der Waals surface area contributed by atoms with Crippen LogP contribution in [-0.4, -0.2) is 51.2 Å². The van der Waals surface area contributed by atoms with Gasteiger partial charge in [0.2, 0.25) is 15.9 Å². The van der Waals surface area contributed by atoms with Crippen molar-refractivity contribution in [2.75, 3.05) is 37.9 Å². The van der Waals surface area contributed by atoms with E-state index in [1.807, 2.05) is 6.07 Å². The highest BCUT2D eigenvalue weighted by molar-refractivity contribution is 7.89. The van der Waals surface area contributed by atoms with Gasteiger partial charge in [-0.05, 0) is 37.1 Å². The fraction of sp³-hybridized carbons (Fsp3) is 0.500. The molecule has 0 spiro atoms. The molecule has 0 unspecified atom stereocenters. The molecule has 7 nitrogen and oxygen atoms in total. The van der Waals surface area contributed by atoms with Crippen LogP contribution in [0.25, 0.3) is 0 Å². The fourth-order valence-corrected chi connectivity index (χ4v) is 3.99. The van der Waals surface area contributed by atoms with Crippen LogP contribution in [0.2, 0.25) is 0 Å². The molecule has 130 valence electrons. The summed E-state index contributed by atoms with van der Waals surface area (Å²) >= 11 is 0. The van der Waals surface area contributed by atoms with E-state index in [1.165, 1.54) is 11.4 Å². The maximum atomic E-state index is 12.3. The van der Waals surface area contributed by atoms with Gasteiger partial charge in [-0.2, -0.15) is 5.26 Å². The molecule has 0 atom stereocenters. The molecule has 1 aromatic carbocycles. The predicted molar refractivity (Wildman–Crippen MR) is 89.7 cm³/mol. The third-order valence-corrected chi connectivity index (χ3v) is 5.88. The molecule has 0 aliphatic carbocycles. The first-order valence-corrected chi connectivity index (χ1v) is 9.35. The van der Waals surface area contributed by atoms with E-state index in [0.29, 0.717) is 37.2 Å². The zero-order valence-corrected chi connectivity index (χ0v) is 14.4. The summed E-state index contributed by atoms with van der Waals surface area (Å²) in [7, 11) is -1.85. The zero-order chi connectivity index (χ0) is 17.6. The average Bonchev–Trinajstić information content (AvgIpc) is 2.60. The van der Waals surface area contributed by atoms with Crippen molar-refractivity contribution in [3.05, 3.63) is 29.8 Å². The van der Waals surface area contributed by atoms with Crippen LogP contribution in [0, 0.1) is 17.2 Å². The Morgan fingerprint density at radius 1 is 1.33 bits per heavy atom. The number of rotatable bonds is 6. The lowest BCUT2D eigenvalue weighted by Gasteiger charge is -2.30. The van der Waals surface area contributed by atoms with Crippen molar-refractivity contribution in [1.29, 1.82) is 5.26 Å². The first kappa shape index (κ1) is 18.4.